The predicted octanol–water partition coefficient (Wildman–Crippen LogP) is 2.31. The van der Waals surface area contributed by atoms with Gasteiger partial charge in [-0.3, -0.25) is 0 Å². The summed E-state index contributed by atoms with van der Waals surface area (Å²) < 4.78 is 17.1. The maximum absolute atomic E-state index is 5.91. The van der Waals surface area contributed by atoms with E-state index in [9.17, 15) is 0 Å². The van der Waals surface area contributed by atoms with Gasteiger partial charge in [-0.1, -0.05) is 5.16 Å². The topological polar surface area (TPSA) is 73.5 Å². The van der Waals surface area contributed by atoms with Crippen LogP contribution in [0.15, 0.2) is 22.9 Å². The summed E-state index contributed by atoms with van der Waals surface area (Å²) in [5.41, 5.74) is 0.836. The second-order valence-corrected chi connectivity index (χ2v) is 6.75. The van der Waals surface area contributed by atoms with E-state index in [1.54, 1.807) is 6.20 Å². The molecule has 1 saturated heterocycles. The summed E-state index contributed by atoms with van der Waals surface area (Å²) in [5.74, 6) is 2.34. The minimum Gasteiger partial charge on any atom is -0.477 e. The van der Waals surface area contributed by atoms with Crippen molar-refractivity contribution in [2.24, 2.45) is 5.92 Å². The SMILES string of the molecule is C[C@@H]1CN(C)C[C@H](c2nc(-c3ccnc(OCC4CC4)c3)no2)O1. The number of aromatic nitrogens is 3. The van der Waals surface area contributed by atoms with Gasteiger partial charge in [0.1, 0.15) is 6.10 Å². The van der Waals surface area contributed by atoms with Crippen LogP contribution in [-0.2, 0) is 4.74 Å². The van der Waals surface area contributed by atoms with Crippen molar-refractivity contribution in [3.8, 4) is 17.3 Å². The van der Waals surface area contributed by atoms with Crippen molar-refractivity contribution in [2.75, 3.05) is 26.7 Å². The molecule has 0 N–H and O–H groups in total. The molecule has 2 aliphatic rings. The lowest BCUT2D eigenvalue weighted by Gasteiger charge is -2.32. The van der Waals surface area contributed by atoms with Crippen LogP contribution in [0.2, 0.25) is 0 Å². The third-order valence-corrected chi connectivity index (χ3v) is 4.32. The summed E-state index contributed by atoms with van der Waals surface area (Å²) >= 11 is 0. The first-order valence-electron chi connectivity index (χ1n) is 8.44. The van der Waals surface area contributed by atoms with Gasteiger partial charge in [0.2, 0.25) is 11.7 Å². The van der Waals surface area contributed by atoms with Gasteiger partial charge in [-0.05, 0) is 38.8 Å². The molecule has 0 unspecified atom stereocenters. The van der Waals surface area contributed by atoms with E-state index < -0.39 is 0 Å². The molecule has 0 bridgehead atoms. The van der Waals surface area contributed by atoms with Crippen LogP contribution in [0.3, 0.4) is 0 Å². The molecule has 2 atom stereocenters. The first kappa shape index (κ1) is 15.5. The third-order valence-electron chi connectivity index (χ3n) is 4.32. The Balaban J connectivity index is 1.48. The van der Waals surface area contributed by atoms with Gasteiger partial charge in [-0.2, -0.15) is 4.98 Å². The number of hydrogen-bond acceptors (Lipinski definition) is 7. The lowest BCUT2D eigenvalue weighted by atomic mass is 10.2. The number of likely N-dealkylation sites (N-methyl/N-ethyl adjacent to an activating group) is 1. The second kappa shape index (κ2) is 6.49. The monoisotopic (exact) mass is 330 g/mol. The molecule has 0 spiro atoms. The van der Waals surface area contributed by atoms with E-state index >= 15 is 0 Å². The van der Waals surface area contributed by atoms with Crippen molar-refractivity contribution in [3.05, 3.63) is 24.2 Å². The quantitative estimate of drug-likeness (QED) is 0.833. The Morgan fingerprint density at radius 1 is 1.33 bits per heavy atom. The number of pyridine rings is 1. The molecule has 1 aliphatic carbocycles. The van der Waals surface area contributed by atoms with E-state index in [1.165, 1.54) is 12.8 Å². The number of ether oxygens (including phenoxy) is 2. The molecule has 2 aromatic heterocycles. The van der Waals surface area contributed by atoms with Crippen LogP contribution in [0, 0.1) is 5.92 Å². The Labute approximate surface area is 141 Å². The average molecular weight is 330 g/mol. The summed E-state index contributed by atoms with van der Waals surface area (Å²) in [5, 5.41) is 4.09. The van der Waals surface area contributed by atoms with Crippen LogP contribution in [0.25, 0.3) is 11.4 Å². The number of rotatable bonds is 5. The zero-order valence-electron chi connectivity index (χ0n) is 14.0. The van der Waals surface area contributed by atoms with Crippen molar-refractivity contribution in [3.63, 3.8) is 0 Å². The highest BCUT2D eigenvalue weighted by molar-refractivity contribution is 5.55. The predicted molar refractivity (Wildman–Crippen MR) is 86.5 cm³/mol. The fraction of sp³-hybridized carbons (Fsp3) is 0.588. The Hall–Kier alpha value is -1.99. The van der Waals surface area contributed by atoms with Gasteiger partial charge in [-0.15, -0.1) is 0 Å². The maximum Gasteiger partial charge on any atom is 0.257 e. The number of morpholine rings is 1. The minimum atomic E-state index is -0.188. The molecule has 128 valence electrons. The summed E-state index contributed by atoms with van der Waals surface area (Å²) in [6.45, 7) is 4.43. The Bertz CT molecular complexity index is 691. The van der Waals surface area contributed by atoms with Crippen LogP contribution in [0.5, 0.6) is 5.88 Å². The molecule has 3 heterocycles. The van der Waals surface area contributed by atoms with Gasteiger partial charge in [0, 0.05) is 30.9 Å². The van der Waals surface area contributed by atoms with Gasteiger partial charge in [-0.25, -0.2) is 4.98 Å². The van der Waals surface area contributed by atoms with E-state index in [-0.39, 0.29) is 12.2 Å². The first-order valence-corrected chi connectivity index (χ1v) is 8.44. The van der Waals surface area contributed by atoms with Crippen molar-refractivity contribution >= 4 is 0 Å². The van der Waals surface area contributed by atoms with E-state index in [0.717, 1.165) is 25.3 Å². The summed E-state index contributed by atoms with van der Waals surface area (Å²) in [7, 11) is 2.07. The van der Waals surface area contributed by atoms with E-state index in [2.05, 4.69) is 27.1 Å². The zero-order valence-corrected chi connectivity index (χ0v) is 14.0. The van der Waals surface area contributed by atoms with E-state index in [1.807, 2.05) is 19.1 Å². The summed E-state index contributed by atoms with van der Waals surface area (Å²) in [6, 6.07) is 3.71. The Morgan fingerprint density at radius 3 is 3.00 bits per heavy atom. The van der Waals surface area contributed by atoms with Crippen molar-refractivity contribution in [1.29, 1.82) is 0 Å². The van der Waals surface area contributed by atoms with Crippen LogP contribution >= 0.6 is 0 Å². The highest BCUT2D eigenvalue weighted by Crippen LogP contribution is 2.30. The fourth-order valence-corrected chi connectivity index (χ4v) is 2.90. The molecule has 4 rings (SSSR count). The zero-order chi connectivity index (χ0) is 16.5. The highest BCUT2D eigenvalue weighted by atomic mass is 16.5. The van der Waals surface area contributed by atoms with Crippen LogP contribution in [-0.4, -0.2) is 52.9 Å². The molecule has 0 amide bonds. The third kappa shape index (κ3) is 3.57. The van der Waals surface area contributed by atoms with Gasteiger partial charge >= 0.3 is 0 Å². The van der Waals surface area contributed by atoms with Crippen molar-refractivity contribution < 1.29 is 14.0 Å². The van der Waals surface area contributed by atoms with Gasteiger partial charge in [0.25, 0.3) is 5.89 Å². The van der Waals surface area contributed by atoms with Gasteiger partial charge < -0.3 is 18.9 Å². The van der Waals surface area contributed by atoms with Gasteiger partial charge in [0.15, 0.2) is 0 Å². The van der Waals surface area contributed by atoms with E-state index in [4.69, 9.17) is 14.0 Å². The van der Waals surface area contributed by atoms with E-state index in [0.29, 0.717) is 23.5 Å². The number of hydrogen-bond donors (Lipinski definition) is 0. The lowest BCUT2D eigenvalue weighted by molar-refractivity contribution is -0.0838. The van der Waals surface area contributed by atoms with Crippen molar-refractivity contribution in [1.82, 2.24) is 20.0 Å². The summed E-state index contributed by atoms with van der Waals surface area (Å²) in [6.07, 6.45) is 4.17. The Morgan fingerprint density at radius 2 is 2.21 bits per heavy atom. The molecular formula is C17H22N4O3. The number of nitrogens with zero attached hydrogens (tertiary/aromatic N) is 4. The molecule has 0 radical (unpaired) electrons. The fourth-order valence-electron chi connectivity index (χ4n) is 2.90. The molecule has 7 nitrogen and oxygen atoms in total. The molecular weight excluding hydrogens is 308 g/mol. The van der Waals surface area contributed by atoms with Crippen LogP contribution in [0.1, 0.15) is 31.8 Å². The average Bonchev–Trinajstić information content (AvgIpc) is 3.26. The molecule has 2 fully saturated rings. The molecule has 24 heavy (non-hydrogen) atoms. The second-order valence-electron chi connectivity index (χ2n) is 6.75. The first-order chi connectivity index (χ1) is 11.7. The van der Waals surface area contributed by atoms with Crippen LogP contribution < -0.4 is 4.74 Å². The van der Waals surface area contributed by atoms with Crippen LogP contribution in [0.4, 0.5) is 0 Å². The highest BCUT2D eigenvalue weighted by Gasteiger charge is 2.29. The smallest absolute Gasteiger partial charge is 0.257 e. The molecule has 7 heteroatoms. The largest absolute Gasteiger partial charge is 0.477 e. The minimum absolute atomic E-state index is 0.146. The normalized spacial score (nSPS) is 24.9. The molecule has 0 aromatic carbocycles. The lowest BCUT2D eigenvalue weighted by Crippen LogP contribution is -2.40. The summed E-state index contributed by atoms with van der Waals surface area (Å²) in [4.78, 5) is 11.0. The standard InChI is InChI=1S/C17H22N4O3/c1-11-8-21(2)9-14(23-11)17-19-16(20-24-17)13-5-6-18-15(7-13)22-10-12-3-4-12/h5-7,11-12,14H,3-4,8-10H2,1-2H3/t11-,14-/m1/s1. The van der Waals surface area contributed by atoms with Crippen molar-refractivity contribution in [2.45, 2.75) is 32.0 Å². The molecule has 2 aromatic rings. The Kier molecular flexibility index (Phi) is 4.20. The molecule has 1 saturated carbocycles. The molecule has 1 aliphatic heterocycles. The maximum atomic E-state index is 5.91. The van der Waals surface area contributed by atoms with Gasteiger partial charge in [0.05, 0.1) is 12.7 Å².